The van der Waals surface area contributed by atoms with Gasteiger partial charge >= 0.3 is 0 Å². The van der Waals surface area contributed by atoms with Crippen LogP contribution in [0.3, 0.4) is 0 Å². The second-order valence-electron chi connectivity index (χ2n) is 5.79. The van der Waals surface area contributed by atoms with Crippen molar-refractivity contribution < 1.29 is 4.79 Å². The molecule has 1 saturated carbocycles. The Hall–Kier alpha value is -1.75. The molecule has 1 aliphatic rings. The van der Waals surface area contributed by atoms with Crippen LogP contribution in [0.4, 0.5) is 11.4 Å². The molecule has 0 bridgehead atoms. The molecule has 1 fully saturated rings. The first-order chi connectivity index (χ1) is 10.7. The van der Waals surface area contributed by atoms with Crippen LogP contribution in [-0.2, 0) is 0 Å². The molecule has 3 rings (SSSR count). The normalized spacial score (nSPS) is 15.0. The standard InChI is InChI=1S/C17H20BrN3O/c18-13-9-16(20-11-13)17(22)21-15-7-5-14(6-8-15)19-10-12-3-1-2-4-12/h5-9,11-12,19-20H,1-4,10H2,(H,21,22). The highest BCUT2D eigenvalue weighted by Gasteiger charge is 2.14. The number of rotatable bonds is 5. The van der Waals surface area contributed by atoms with Gasteiger partial charge in [0.15, 0.2) is 0 Å². The van der Waals surface area contributed by atoms with E-state index in [2.05, 4.69) is 31.5 Å². The summed E-state index contributed by atoms with van der Waals surface area (Å²) in [7, 11) is 0. The van der Waals surface area contributed by atoms with Crippen molar-refractivity contribution in [1.29, 1.82) is 0 Å². The van der Waals surface area contributed by atoms with Gasteiger partial charge in [-0.2, -0.15) is 0 Å². The van der Waals surface area contributed by atoms with Crippen molar-refractivity contribution >= 4 is 33.2 Å². The van der Waals surface area contributed by atoms with E-state index in [0.717, 1.165) is 28.3 Å². The molecule has 1 aromatic heterocycles. The van der Waals surface area contributed by atoms with Crippen LogP contribution in [0.2, 0.25) is 0 Å². The molecule has 0 unspecified atom stereocenters. The average Bonchev–Trinajstić information content (AvgIpc) is 3.18. The Balaban J connectivity index is 1.53. The van der Waals surface area contributed by atoms with Gasteiger partial charge in [-0.1, -0.05) is 12.8 Å². The first-order valence-electron chi connectivity index (χ1n) is 7.70. The molecule has 22 heavy (non-hydrogen) atoms. The summed E-state index contributed by atoms with van der Waals surface area (Å²) in [5, 5.41) is 6.35. The number of hydrogen-bond acceptors (Lipinski definition) is 2. The zero-order valence-electron chi connectivity index (χ0n) is 12.4. The Morgan fingerprint density at radius 2 is 1.86 bits per heavy atom. The summed E-state index contributed by atoms with van der Waals surface area (Å²) >= 11 is 3.32. The fraction of sp³-hybridized carbons (Fsp3) is 0.353. The van der Waals surface area contributed by atoms with Crippen LogP contribution in [0.5, 0.6) is 0 Å². The van der Waals surface area contributed by atoms with Crippen molar-refractivity contribution in [3.05, 3.63) is 46.7 Å². The maximum absolute atomic E-state index is 12.0. The van der Waals surface area contributed by atoms with Gasteiger partial charge in [0, 0.05) is 28.6 Å². The molecule has 1 amide bonds. The Bertz CT molecular complexity index is 630. The third-order valence-electron chi connectivity index (χ3n) is 4.10. The zero-order chi connectivity index (χ0) is 15.4. The molecular weight excluding hydrogens is 342 g/mol. The van der Waals surface area contributed by atoms with Crippen LogP contribution < -0.4 is 10.6 Å². The minimum atomic E-state index is -0.141. The molecule has 4 nitrogen and oxygen atoms in total. The quantitative estimate of drug-likeness (QED) is 0.726. The van der Waals surface area contributed by atoms with Gasteiger partial charge in [0.2, 0.25) is 0 Å². The van der Waals surface area contributed by atoms with Gasteiger partial charge in [-0.3, -0.25) is 4.79 Å². The zero-order valence-corrected chi connectivity index (χ0v) is 13.9. The van der Waals surface area contributed by atoms with Crippen LogP contribution >= 0.6 is 15.9 Å². The van der Waals surface area contributed by atoms with E-state index in [1.54, 1.807) is 12.3 Å². The third kappa shape index (κ3) is 3.91. The SMILES string of the molecule is O=C(Nc1ccc(NCC2CCCC2)cc1)c1cc(Br)c[nH]1. The lowest BCUT2D eigenvalue weighted by molar-refractivity contribution is 0.102. The van der Waals surface area contributed by atoms with Crippen LogP contribution in [0.15, 0.2) is 41.0 Å². The predicted molar refractivity (Wildman–Crippen MR) is 93.3 cm³/mol. The summed E-state index contributed by atoms with van der Waals surface area (Å²) in [6.45, 7) is 1.04. The van der Waals surface area contributed by atoms with Gasteiger partial charge in [0.05, 0.1) is 0 Å². The van der Waals surface area contributed by atoms with Crippen molar-refractivity contribution in [1.82, 2.24) is 4.98 Å². The molecule has 0 atom stereocenters. The van der Waals surface area contributed by atoms with Crippen molar-refractivity contribution in [2.24, 2.45) is 5.92 Å². The Kier molecular flexibility index (Phi) is 4.83. The molecular formula is C17H20BrN3O. The number of H-pyrrole nitrogens is 1. The van der Waals surface area contributed by atoms with Crippen LogP contribution in [0.1, 0.15) is 36.2 Å². The fourth-order valence-corrected chi connectivity index (χ4v) is 3.19. The summed E-state index contributed by atoms with van der Waals surface area (Å²) in [4.78, 5) is 15.0. The van der Waals surface area contributed by atoms with Gasteiger partial charge in [0.25, 0.3) is 5.91 Å². The third-order valence-corrected chi connectivity index (χ3v) is 4.56. The topological polar surface area (TPSA) is 56.9 Å². The molecule has 0 saturated heterocycles. The molecule has 0 aliphatic heterocycles. The highest BCUT2D eigenvalue weighted by Crippen LogP contribution is 2.25. The Morgan fingerprint density at radius 1 is 1.18 bits per heavy atom. The van der Waals surface area contributed by atoms with Crippen molar-refractivity contribution in [2.45, 2.75) is 25.7 Å². The molecule has 0 spiro atoms. The number of aromatic amines is 1. The smallest absolute Gasteiger partial charge is 0.272 e. The maximum atomic E-state index is 12.0. The van der Waals surface area contributed by atoms with Gasteiger partial charge in [-0.15, -0.1) is 0 Å². The molecule has 3 N–H and O–H groups in total. The van der Waals surface area contributed by atoms with E-state index in [0.29, 0.717) is 5.69 Å². The Labute approximate surface area is 138 Å². The minimum absolute atomic E-state index is 0.141. The van der Waals surface area contributed by atoms with Crippen molar-refractivity contribution in [3.8, 4) is 0 Å². The molecule has 0 radical (unpaired) electrons. The summed E-state index contributed by atoms with van der Waals surface area (Å²) in [6, 6.07) is 9.62. The van der Waals surface area contributed by atoms with Gasteiger partial charge in [-0.05, 0) is 65.0 Å². The van der Waals surface area contributed by atoms with E-state index in [-0.39, 0.29) is 5.91 Å². The highest BCUT2D eigenvalue weighted by molar-refractivity contribution is 9.10. The number of anilines is 2. The molecule has 1 aromatic carbocycles. The Morgan fingerprint density at radius 3 is 2.50 bits per heavy atom. The number of hydrogen-bond donors (Lipinski definition) is 3. The van der Waals surface area contributed by atoms with Gasteiger partial charge < -0.3 is 15.6 Å². The summed E-state index contributed by atoms with van der Waals surface area (Å²) in [5.74, 6) is 0.670. The van der Waals surface area contributed by atoms with E-state index in [1.165, 1.54) is 25.7 Å². The fourth-order valence-electron chi connectivity index (χ4n) is 2.85. The minimum Gasteiger partial charge on any atom is -0.385 e. The van der Waals surface area contributed by atoms with Crippen molar-refractivity contribution in [3.63, 3.8) is 0 Å². The first kappa shape index (κ1) is 15.2. The van der Waals surface area contributed by atoms with E-state index in [9.17, 15) is 4.79 Å². The highest BCUT2D eigenvalue weighted by atomic mass is 79.9. The first-order valence-corrected chi connectivity index (χ1v) is 8.49. The van der Waals surface area contributed by atoms with Crippen LogP contribution in [0, 0.1) is 5.92 Å². The van der Waals surface area contributed by atoms with E-state index >= 15 is 0 Å². The summed E-state index contributed by atoms with van der Waals surface area (Å²) in [6.07, 6.45) is 7.16. The maximum Gasteiger partial charge on any atom is 0.272 e. The molecule has 2 aromatic rings. The van der Waals surface area contributed by atoms with E-state index < -0.39 is 0 Å². The van der Waals surface area contributed by atoms with E-state index in [1.807, 2.05) is 24.3 Å². The monoisotopic (exact) mass is 361 g/mol. The molecule has 5 heteroatoms. The molecule has 116 valence electrons. The predicted octanol–water partition coefficient (Wildman–Crippen LogP) is 4.63. The summed E-state index contributed by atoms with van der Waals surface area (Å²) < 4.78 is 0.865. The lowest BCUT2D eigenvalue weighted by Gasteiger charge is -2.12. The van der Waals surface area contributed by atoms with Crippen LogP contribution in [0.25, 0.3) is 0 Å². The van der Waals surface area contributed by atoms with Gasteiger partial charge in [-0.25, -0.2) is 0 Å². The average molecular weight is 362 g/mol. The number of carbonyl (C=O) groups excluding carboxylic acids is 1. The molecule has 1 heterocycles. The number of benzene rings is 1. The number of halogens is 1. The van der Waals surface area contributed by atoms with Crippen molar-refractivity contribution in [2.75, 3.05) is 17.2 Å². The van der Waals surface area contributed by atoms with Gasteiger partial charge in [0.1, 0.15) is 5.69 Å². The number of nitrogens with one attached hydrogen (secondary N) is 3. The number of aromatic nitrogens is 1. The summed E-state index contributed by atoms with van der Waals surface area (Å²) in [5.41, 5.74) is 2.44. The van der Waals surface area contributed by atoms with E-state index in [4.69, 9.17) is 0 Å². The number of amides is 1. The lowest BCUT2D eigenvalue weighted by Crippen LogP contribution is -2.13. The molecule has 1 aliphatic carbocycles. The second-order valence-corrected chi connectivity index (χ2v) is 6.71. The lowest BCUT2D eigenvalue weighted by atomic mass is 10.1. The largest absolute Gasteiger partial charge is 0.385 e. The number of carbonyl (C=O) groups is 1. The second kappa shape index (κ2) is 7.01. The van der Waals surface area contributed by atoms with Crippen LogP contribution in [-0.4, -0.2) is 17.4 Å².